The van der Waals surface area contributed by atoms with E-state index in [9.17, 15) is 4.79 Å². The largest absolute Gasteiger partial charge is 0.504 e. The number of allylic oxidation sites excluding steroid dienone is 2. The van der Waals surface area contributed by atoms with Gasteiger partial charge < -0.3 is 5.11 Å². The lowest BCUT2D eigenvalue weighted by atomic mass is 10.3. The summed E-state index contributed by atoms with van der Waals surface area (Å²) >= 11 is 5.37. The number of hydrogen-bond donors (Lipinski definition) is 1. The molecule has 0 saturated heterocycles. The second-order valence-corrected chi connectivity index (χ2v) is 2.13. The number of carbonyl (C=O) groups is 1. The Kier molecular flexibility index (Phi) is 1.26. The number of hydrogen-bond acceptors (Lipinski definition) is 2. The van der Waals surface area contributed by atoms with Gasteiger partial charge in [-0.25, -0.2) is 0 Å². The molecular weight excluding hydrogens is 128 g/mol. The quantitative estimate of drug-likeness (QED) is 0.540. The third kappa shape index (κ3) is 0.713. The predicted octanol–water partition coefficient (Wildman–Crippen LogP) is 1.36. The first kappa shape index (κ1) is 5.63. The number of Topliss-reactive ketones (excluding diaryl/α,β-unsaturated/α-hetero) is 1. The molecule has 0 saturated carbocycles. The van der Waals surface area contributed by atoms with Crippen molar-refractivity contribution in [3.8, 4) is 0 Å². The predicted molar refractivity (Wildman–Crippen MR) is 29.7 cm³/mol. The molecule has 44 valence electrons. The van der Waals surface area contributed by atoms with Crippen LogP contribution in [0.5, 0.6) is 0 Å². The molecule has 0 aromatic rings. The van der Waals surface area contributed by atoms with Crippen molar-refractivity contribution in [3.05, 3.63) is 10.8 Å². The van der Waals surface area contributed by atoms with Crippen molar-refractivity contribution in [2.75, 3.05) is 0 Å². The molecule has 2 nitrogen and oxygen atoms in total. The van der Waals surface area contributed by atoms with Gasteiger partial charge in [-0.05, 0) is 6.42 Å². The van der Waals surface area contributed by atoms with Crippen molar-refractivity contribution < 1.29 is 9.90 Å². The summed E-state index contributed by atoms with van der Waals surface area (Å²) in [6.45, 7) is 0. The number of rotatable bonds is 0. The molecule has 0 aromatic carbocycles. The molecule has 3 heteroatoms. The van der Waals surface area contributed by atoms with Crippen LogP contribution in [-0.2, 0) is 4.79 Å². The summed E-state index contributed by atoms with van der Waals surface area (Å²) in [7, 11) is 0. The maximum Gasteiger partial charge on any atom is 0.198 e. The van der Waals surface area contributed by atoms with Gasteiger partial charge >= 0.3 is 0 Å². The molecule has 1 aliphatic carbocycles. The van der Waals surface area contributed by atoms with E-state index in [1.807, 2.05) is 0 Å². The van der Waals surface area contributed by atoms with Crippen LogP contribution in [0.15, 0.2) is 10.8 Å². The van der Waals surface area contributed by atoms with Crippen molar-refractivity contribution >= 4 is 17.4 Å². The fourth-order valence-corrected chi connectivity index (χ4v) is 0.811. The molecule has 0 aromatic heterocycles. The molecule has 1 aliphatic rings. The van der Waals surface area contributed by atoms with Gasteiger partial charge in [0.1, 0.15) is 0 Å². The SMILES string of the molecule is O=C1CCC(Cl)=C1O. The average Bonchev–Trinajstić information content (AvgIpc) is 1.98. The Hall–Kier alpha value is -0.500. The molecule has 0 amide bonds. The molecule has 1 N–H and O–H groups in total. The minimum Gasteiger partial charge on any atom is -0.504 e. The van der Waals surface area contributed by atoms with Crippen LogP contribution < -0.4 is 0 Å². The van der Waals surface area contributed by atoms with Crippen LogP contribution in [0.2, 0.25) is 0 Å². The summed E-state index contributed by atoms with van der Waals surface area (Å²) < 4.78 is 0. The van der Waals surface area contributed by atoms with Gasteiger partial charge in [0, 0.05) is 6.42 Å². The van der Waals surface area contributed by atoms with Gasteiger partial charge in [-0.3, -0.25) is 4.79 Å². The summed E-state index contributed by atoms with van der Waals surface area (Å²) in [5, 5.41) is 8.97. The summed E-state index contributed by atoms with van der Waals surface area (Å²) in [6, 6.07) is 0. The number of ketones is 1. The smallest absolute Gasteiger partial charge is 0.198 e. The zero-order valence-corrected chi connectivity index (χ0v) is 4.90. The van der Waals surface area contributed by atoms with Crippen molar-refractivity contribution in [1.29, 1.82) is 0 Å². The highest BCUT2D eigenvalue weighted by atomic mass is 35.5. The Bertz CT molecular complexity index is 160. The Morgan fingerprint density at radius 1 is 1.50 bits per heavy atom. The van der Waals surface area contributed by atoms with Gasteiger partial charge in [0.25, 0.3) is 0 Å². The van der Waals surface area contributed by atoms with Gasteiger partial charge in [-0.2, -0.15) is 0 Å². The first-order valence-electron chi connectivity index (χ1n) is 2.32. The van der Waals surface area contributed by atoms with Crippen LogP contribution in [0.25, 0.3) is 0 Å². The molecule has 0 atom stereocenters. The first-order chi connectivity index (χ1) is 3.72. The van der Waals surface area contributed by atoms with Gasteiger partial charge in [-0.1, -0.05) is 11.6 Å². The molecule has 0 unspecified atom stereocenters. The van der Waals surface area contributed by atoms with E-state index in [4.69, 9.17) is 16.7 Å². The molecule has 0 bridgehead atoms. The standard InChI is InChI=1S/C5H5ClO2/c6-3-1-2-4(7)5(3)8/h8H,1-2H2. The van der Waals surface area contributed by atoms with E-state index >= 15 is 0 Å². The molecule has 1 rings (SSSR count). The van der Waals surface area contributed by atoms with Crippen LogP contribution in [0.4, 0.5) is 0 Å². The van der Waals surface area contributed by atoms with E-state index in [2.05, 4.69) is 0 Å². The summed E-state index contributed by atoms with van der Waals surface area (Å²) in [5.41, 5.74) is 0. The molecular formula is C5H5ClO2. The molecule has 0 heterocycles. The van der Waals surface area contributed by atoms with Crippen LogP contribution in [0.1, 0.15) is 12.8 Å². The van der Waals surface area contributed by atoms with E-state index in [0.29, 0.717) is 17.9 Å². The zero-order chi connectivity index (χ0) is 6.15. The highest BCUT2D eigenvalue weighted by Crippen LogP contribution is 2.23. The second-order valence-electron chi connectivity index (χ2n) is 1.68. The lowest BCUT2D eigenvalue weighted by Crippen LogP contribution is -1.92. The molecule has 8 heavy (non-hydrogen) atoms. The van der Waals surface area contributed by atoms with Gasteiger partial charge in [0.15, 0.2) is 11.5 Å². The maximum absolute atomic E-state index is 10.4. The number of aliphatic hydroxyl groups is 1. The minimum absolute atomic E-state index is 0.241. The summed E-state index contributed by atoms with van der Waals surface area (Å²) in [4.78, 5) is 10.4. The number of carbonyl (C=O) groups excluding carboxylic acids is 1. The molecule has 0 radical (unpaired) electrons. The van der Waals surface area contributed by atoms with Crippen molar-refractivity contribution in [3.63, 3.8) is 0 Å². The summed E-state index contributed by atoms with van der Waals surface area (Å²) in [6.07, 6.45) is 0.872. The van der Waals surface area contributed by atoms with E-state index in [-0.39, 0.29) is 11.5 Å². The van der Waals surface area contributed by atoms with Crippen molar-refractivity contribution in [2.24, 2.45) is 0 Å². The Morgan fingerprint density at radius 2 is 2.12 bits per heavy atom. The normalized spacial score (nSPS) is 20.4. The lowest BCUT2D eigenvalue weighted by Gasteiger charge is -1.83. The lowest BCUT2D eigenvalue weighted by molar-refractivity contribution is -0.117. The fourth-order valence-electron chi connectivity index (χ4n) is 0.611. The van der Waals surface area contributed by atoms with Crippen LogP contribution in [-0.4, -0.2) is 10.9 Å². The zero-order valence-electron chi connectivity index (χ0n) is 4.15. The second kappa shape index (κ2) is 1.78. The fraction of sp³-hybridized carbons (Fsp3) is 0.400. The van der Waals surface area contributed by atoms with E-state index in [1.54, 1.807) is 0 Å². The van der Waals surface area contributed by atoms with Crippen LogP contribution in [0, 0.1) is 0 Å². The van der Waals surface area contributed by atoms with E-state index < -0.39 is 0 Å². The highest BCUT2D eigenvalue weighted by Gasteiger charge is 2.19. The highest BCUT2D eigenvalue weighted by molar-refractivity contribution is 6.32. The van der Waals surface area contributed by atoms with Crippen LogP contribution in [0.3, 0.4) is 0 Å². The van der Waals surface area contributed by atoms with Gasteiger partial charge in [0.2, 0.25) is 0 Å². The topological polar surface area (TPSA) is 37.3 Å². The first-order valence-corrected chi connectivity index (χ1v) is 2.70. The van der Waals surface area contributed by atoms with Crippen molar-refractivity contribution in [2.45, 2.75) is 12.8 Å². The van der Waals surface area contributed by atoms with E-state index in [0.717, 1.165) is 0 Å². The Labute approximate surface area is 51.8 Å². The monoisotopic (exact) mass is 132 g/mol. The molecule has 0 aliphatic heterocycles. The van der Waals surface area contributed by atoms with Crippen molar-refractivity contribution in [1.82, 2.24) is 0 Å². The van der Waals surface area contributed by atoms with Gasteiger partial charge in [0.05, 0.1) is 5.03 Å². The third-order valence-electron chi connectivity index (χ3n) is 1.09. The van der Waals surface area contributed by atoms with E-state index in [1.165, 1.54) is 0 Å². The number of aliphatic hydroxyl groups excluding tert-OH is 1. The van der Waals surface area contributed by atoms with Gasteiger partial charge in [-0.15, -0.1) is 0 Å². The third-order valence-corrected chi connectivity index (χ3v) is 1.46. The Balaban J connectivity index is 2.86. The average molecular weight is 133 g/mol. The molecule has 0 fully saturated rings. The van der Waals surface area contributed by atoms with Crippen LogP contribution >= 0.6 is 11.6 Å². The maximum atomic E-state index is 10.4. The Morgan fingerprint density at radius 3 is 2.25 bits per heavy atom. The number of halogens is 1. The minimum atomic E-state index is -0.244. The summed E-state index contributed by atoms with van der Waals surface area (Å²) in [5.74, 6) is -0.485. The molecule has 0 spiro atoms.